The molecular weight excluding hydrogens is 287 g/mol. The van der Waals surface area contributed by atoms with Gasteiger partial charge in [0, 0.05) is 10.4 Å². The third-order valence-electron chi connectivity index (χ3n) is 3.32. The SMILES string of the molecule is CCCNC(c1cccc(OC)c1F)c1sc(C)nc1C. The van der Waals surface area contributed by atoms with Crippen molar-refractivity contribution in [3.05, 3.63) is 45.2 Å². The van der Waals surface area contributed by atoms with Gasteiger partial charge in [0.1, 0.15) is 0 Å². The van der Waals surface area contributed by atoms with Gasteiger partial charge in [0.25, 0.3) is 0 Å². The minimum atomic E-state index is -0.306. The highest BCUT2D eigenvalue weighted by Gasteiger charge is 2.23. The van der Waals surface area contributed by atoms with Crippen LogP contribution < -0.4 is 10.1 Å². The maximum Gasteiger partial charge on any atom is 0.170 e. The van der Waals surface area contributed by atoms with Crippen molar-refractivity contribution in [1.82, 2.24) is 10.3 Å². The van der Waals surface area contributed by atoms with Gasteiger partial charge in [-0.1, -0.05) is 19.1 Å². The summed E-state index contributed by atoms with van der Waals surface area (Å²) in [5.74, 6) is -0.0336. The van der Waals surface area contributed by atoms with Crippen molar-refractivity contribution in [2.45, 2.75) is 33.2 Å². The van der Waals surface area contributed by atoms with E-state index in [0.29, 0.717) is 5.56 Å². The quantitative estimate of drug-likeness (QED) is 0.876. The molecule has 1 N–H and O–H groups in total. The number of aryl methyl sites for hydroxylation is 2. The summed E-state index contributed by atoms with van der Waals surface area (Å²) in [5, 5.41) is 4.42. The molecule has 1 atom stereocenters. The van der Waals surface area contributed by atoms with Crippen LogP contribution in [0.4, 0.5) is 4.39 Å². The first-order chi connectivity index (χ1) is 10.1. The van der Waals surface area contributed by atoms with Crippen molar-refractivity contribution in [2.24, 2.45) is 0 Å². The fourth-order valence-corrected chi connectivity index (χ4v) is 3.38. The summed E-state index contributed by atoms with van der Waals surface area (Å²) in [4.78, 5) is 5.53. The molecule has 21 heavy (non-hydrogen) atoms. The normalized spacial score (nSPS) is 12.4. The fourth-order valence-electron chi connectivity index (χ4n) is 2.36. The summed E-state index contributed by atoms with van der Waals surface area (Å²) >= 11 is 1.61. The average molecular weight is 308 g/mol. The molecule has 0 saturated heterocycles. The fraction of sp³-hybridized carbons (Fsp3) is 0.438. The number of aromatic nitrogens is 1. The van der Waals surface area contributed by atoms with Crippen molar-refractivity contribution in [3.63, 3.8) is 0 Å². The molecule has 0 aliphatic rings. The Morgan fingerprint density at radius 2 is 2.14 bits per heavy atom. The van der Waals surface area contributed by atoms with E-state index in [9.17, 15) is 4.39 Å². The highest BCUT2D eigenvalue weighted by Crippen LogP contribution is 2.33. The lowest BCUT2D eigenvalue weighted by molar-refractivity contribution is 0.381. The van der Waals surface area contributed by atoms with Crippen LogP contribution in [0.15, 0.2) is 18.2 Å². The molecule has 0 fully saturated rings. The molecule has 114 valence electrons. The molecule has 0 aliphatic heterocycles. The Morgan fingerprint density at radius 3 is 2.71 bits per heavy atom. The summed E-state index contributed by atoms with van der Waals surface area (Å²) < 4.78 is 19.7. The van der Waals surface area contributed by atoms with E-state index in [1.165, 1.54) is 7.11 Å². The number of benzene rings is 1. The van der Waals surface area contributed by atoms with E-state index in [1.807, 2.05) is 19.9 Å². The van der Waals surface area contributed by atoms with Crippen molar-refractivity contribution < 1.29 is 9.13 Å². The predicted molar refractivity (Wildman–Crippen MR) is 84.7 cm³/mol. The number of hydrogen-bond donors (Lipinski definition) is 1. The van der Waals surface area contributed by atoms with Gasteiger partial charge in [-0.15, -0.1) is 11.3 Å². The zero-order valence-corrected chi connectivity index (χ0v) is 13.7. The molecule has 0 saturated carbocycles. The number of ether oxygens (including phenoxy) is 1. The summed E-state index contributed by atoms with van der Waals surface area (Å²) in [6, 6.07) is 5.08. The van der Waals surface area contributed by atoms with Gasteiger partial charge < -0.3 is 10.1 Å². The van der Waals surface area contributed by atoms with Crippen LogP contribution in [-0.2, 0) is 0 Å². The van der Waals surface area contributed by atoms with Crippen molar-refractivity contribution >= 4 is 11.3 Å². The molecular formula is C16H21FN2OS. The number of thiazole rings is 1. The van der Waals surface area contributed by atoms with Crippen LogP contribution in [-0.4, -0.2) is 18.6 Å². The van der Waals surface area contributed by atoms with Gasteiger partial charge in [-0.05, 0) is 32.9 Å². The molecule has 0 amide bonds. The van der Waals surface area contributed by atoms with Crippen LogP contribution in [0, 0.1) is 19.7 Å². The van der Waals surface area contributed by atoms with Crippen molar-refractivity contribution in [2.75, 3.05) is 13.7 Å². The van der Waals surface area contributed by atoms with Crippen LogP contribution in [0.5, 0.6) is 5.75 Å². The smallest absolute Gasteiger partial charge is 0.170 e. The number of nitrogens with zero attached hydrogens (tertiary/aromatic N) is 1. The first kappa shape index (κ1) is 15.9. The lowest BCUT2D eigenvalue weighted by atomic mass is 10.0. The number of halogens is 1. The maximum absolute atomic E-state index is 14.6. The van der Waals surface area contributed by atoms with E-state index in [0.717, 1.165) is 28.5 Å². The molecule has 1 heterocycles. The van der Waals surface area contributed by atoms with Crippen LogP contribution in [0.2, 0.25) is 0 Å². The standard InChI is InChI=1S/C16H21FN2OS/c1-5-9-18-15(16-10(2)19-11(3)21-16)12-7-6-8-13(20-4)14(12)17/h6-8,15,18H,5,9H2,1-4H3. The van der Waals surface area contributed by atoms with Crippen LogP contribution >= 0.6 is 11.3 Å². The monoisotopic (exact) mass is 308 g/mol. The topological polar surface area (TPSA) is 34.1 Å². The van der Waals surface area contributed by atoms with Gasteiger partial charge in [-0.2, -0.15) is 0 Å². The van der Waals surface area contributed by atoms with Crippen molar-refractivity contribution in [1.29, 1.82) is 0 Å². The second-order valence-corrected chi connectivity index (χ2v) is 6.17. The highest BCUT2D eigenvalue weighted by atomic mass is 32.1. The van der Waals surface area contributed by atoms with E-state index < -0.39 is 0 Å². The number of rotatable bonds is 6. The molecule has 5 heteroatoms. The maximum atomic E-state index is 14.6. The number of methoxy groups -OCH3 is 1. The summed E-state index contributed by atoms with van der Waals surface area (Å²) in [7, 11) is 1.48. The lowest BCUT2D eigenvalue weighted by Crippen LogP contribution is -2.24. The molecule has 1 unspecified atom stereocenters. The molecule has 1 aromatic carbocycles. The Labute approximate surface area is 129 Å². The first-order valence-corrected chi connectivity index (χ1v) is 7.89. The van der Waals surface area contributed by atoms with Gasteiger partial charge in [0.05, 0.1) is 23.9 Å². The van der Waals surface area contributed by atoms with Crippen LogP contribution in [0.3, 0.4) is 0 Å². The number of hydrogen-bond acceptors (Lipinski definition) is 4. The Hall–Kier alpha value is -1.46. The molecule has 3 nitrogen and oxygen atoms in total. The largest absolute Gasteiger partial charge is 0.494 e. The molecule has 0 radical (unpaired) electrons. The molecule has 2 aromatic rings. The van der Waals surface area contributed by atoms with Crippen LogP contribution in [0.1, 0.15) is 40.5 Å². The van der Waals surface area contributed by atoms with Gasteiger partial charge >= 0.3 is 0 Å². The first-order valence-electron chi connectivity index (χ1n) is 7.08. The highest BCUT2D eigenvalue weighted by molar-refractivity contribution is 7.11. The summed E-state index contributed by atoms with van der Waals surface area (Å²) in [6.07, 6.45) is 0.985. The van der Waals surface area contributed by atoms with Crippen molar-refractivity contribution in [3.8, 4) is 5.75 Å². The molecule has 1 aromatic heterocycles. The number of nitrogens with one attached hydrogen (secondary N) is 1. The Bertz CT molecular complexity index is 612. The Balaban J connectivity index is 2.48. The zero-order chi connectivity index (χ0) is 15.4. The minimum absolute atomic E-state index is 0.189. The Morgan fingerprint density at radius 1 is 1.38 bits per heavy atom. The van der Waals surface area contributed by atoms with E-state index in [1.54, 1.807) is 23.5 Å². The van der Waals surface area contributed by atoms with Crippen LogP contribution in [0.25, 0.3) is 0 Å². The third kappa shape index (κ3) is 3.41. The van der Waals surface area contributed by atoms with E-state index in [2.05, 4.69) is 17.2 Å². The molecule has 0 spiro atoms. The van der Waals surface area contributed by atoms with E-state index >= 15 is 0 Å². The van der Waals surface area contributed by atoms with Gasteiger partial charge in [0.2, 0.25) is 0 Å². The second-order valence-electron chi connectivity index (χ2n) is 4.93. The van der Waals surface area contributed by atoms with Gasteiger partial charge in [-0.25, -0.2) is 9.37 Å². The minimum Gasteiger partial charge on any atom is -0.494 e. The van der Waals surface area contributed by atoms with E-state index in [-0.39, 0.29) is 17.6 Å². The molecule has 0 bridgehead atoms. The van der Waals surface area contributed by atoms with Gasteiger partial charge in [-0.3, -0.25) is 0 Å². The lowest BCUT2D eigenvalue weighted by Gasteiger charge is -2.20. The summed E-state index contributed by atoms with van der Waals surface area (Å²) in [6.45, 7) is 6.85. The second kappa shape index (κ2) is 7.00. The molecule has 0 aliphatic carbocycles. The predicted octanol–water partition coefficient (Wildman–Crippen LogP) is 4.00. The molecule has 2 rings (SSSR count). The Kier molecular flexibility index (Phi) is 5.31. The third-order valence-corrected chi connectivity index (χ3v) is 4.46. The van der Waals surface area contributed by atoms with Gasteiger partial charge in [0.15, 0.2) is 11.6 Å². The summed E-state index contributed by atoms with van der Waals surface area (Å²) in [5.41, 5.74) is 1.56. The van der Waals surface area contributed by atoms with E-state index in [4.69, 9.17) is 4.74 Å². The average Bonchev–Trinajstić information content (AvgIpc) is 2.80. The zero-order valence-electron chi connectivity index (χ0n) is 12.9.